The number of ether oxygens (including phenoxy) is 1. The van der Waals surface area contributed by atoms with Crippen LogP contribution in [-0.2, 0) is 19.3 Å². The molecule has 0 unspecified atom stereocenters. The third kappa shape index (κ3) is 2.50. The van der Waals surface area contributed by atoms with Crippen molar-refractivity contribution in [1.29, 1.82) is 0 Å². The van der Waals surface area contributed by atoms with Gasteiger partial charge in [-0.15, -0.1) is 0 Å². The van der Waals surface area contributed by atoms with E-state index in [-0.39, 0.29) is 0 Å². The Balaban J connectivity index is 2.07. The Morgan fingerprint density at radius 1 is 1.30 bits per heavy atom. The number of fused-ring (bicyclic) bond motifs is 1. The largest absolute Gasteiger partial charge is 0.496 e. The lowest BCUT2D eigenvalue weighted by molar-refractivity contribution is 0.192. The highest BCUT2D eigenvalue weighted by Crippen LogP contribution is 2.37. The van der Waals surface area contributed by atoms with Gasteiger partial charge in [-0.3, -0.25) is 0 Å². The summed E-state index contributed by atoms with van der Waals surface area (Å²) in [5, 5.41) is 13.4. The number of carboxylic acid groups (broad SMARTS) is 1. The molecule has 2 aromatic rings. The van der Waals surface area contributed by atoms with Crippen LogP contribution >= 0.6 is 0 Å². The Bertz CT molecular complexity index is 790. The van der Waals surface area contributed by atoms with E-state index in [9.17, 15) is 9.90 Å². The Morgan fingerprint density at radius 3 is 2.61 bits per heavy atom. The minimum atomic E-state index is -1.03. The van der Waals surface area contributed by atoms with Crippen LogP contribution in [0.1, 0.15) is 45.6 Å². The van der Waals surface area contributed by atoms with E-state index < -0.39 is 6.09 Å². The molecule has 1 aromatic carbocycles. The van der Waals surface area contributed by atoms with Crippen molar-refractivity contribution in [2.45, 2.75) is 46.5 Å². The van der Waals surface area contributed by atoms with Crippen LogP contribution in [-0.4, -0.2) is 28.1 Å². The molecule has 3 rings (SSSR count). The first-order valence-electron chi connectivity index (χ1n) is 7.90. The molecule has 122 valence electrons. The summed E-state index contributed by atoms with van der Waals surface area (Å²) in [4.78, 5) is 11.2. The number of rotatable bonds is 3. The molecule has 1 aliphatic carbocycles. The Labute approximate surface area is 135 Å². The molecule has 5 nitrogen and oxygen atoms in total. The van der Waals surface area contributed by atoms with Crippen molar-refractivity contribution in [3.63, 3.8) is 0 Å². The summed E-state index contributed by atoms with van der Waals surface area (Å²) in [5.74, 6) is 1.01. The first kappa shape index (κ1) is 15.6. The molecule has 5 heteroatoms. The van der Waals surface area contributed by atoms with Crippen molar-refractivity contribution in [1.82, 2.24) is 9.78 Å². The van der Waals surface area contributed by atoms with Crippen molar-refractivity contribution < 1.29 is 14.6 Å². The summed E-state index contributed by atoms with van der Waals surface area (Å²) in [6, 6.07) is 2.18. The van der Waals surface area contributed by atoms with Crippen molar-refractivity contribution >= 4 is 6.09 Å². The molecule has 1 aromatic heterocycles. The molecular formula is C18H22N2O3. The second kappa shape index (κ2) is 5.72. The number of methoxy groups -OCH3 is 1. The highest BCUT2D eigenvalue weighted by molar-refractivity contribution is 5.68. The molecule has 1 aliphatic rings. The fourth-order valence-corrected chi connectivity index (χ4v) is 3.75. The van der Waals surface area contributed by atoms with Gasteiger partial charge >= 0.3 is 6.09 Å². The van der Waals surface area contributed by atoms with Crippen molar-refractivity contribution in [3.8, 4) is 5.75 Å². The standard InChI is InChI=1S/C18H22N2O3/c1-10-8-13(14-6-5-7-15(14)17(10)23-4)9-16-11(2)19-20(12(16)3)18(21)22/h8H,5-7,9H2,1-4H3,(H,21,22). The lowest BCUT2D eigenvalue weighted by atomic mass is 9.93. The third-order valence-corrected chi connectivity index (χ3v) is 4.82. The number of aromatic nitrogens is 2. The Hall–Kier alpha value is -2.30. The van der Waals surface area contributed by atoms with Gasteiger partial charge in [-0.25, -0.2) is 4.79 Å². The van der Waals surface area contributed by atoms with Gasteiger partial charge in [0, 0.05) is 12.0 Å². The van der Waals surface area contributed by atoms with Crippen LogP contribution in [0.2, 0.25) is 0 Å². The molecule has 0 bridgehead atoms. The van der Waals surface area contributed by atoms with Crippen LogP contribution in [0.25, 0.3) is 0 Å². The number of carbonyl (C=O) groups is 1. The van der Waals surface area contributed by atoms with Gasteiger partial charge in [0.25, 0.3) is 0 Å². The molecular weight excluding hydrogens is 292 g/mol. The average molecular weight is 314 g/mol. The summed E-state index contributed by atoms with van der Waals surface area (Å²) in [7, 11) is 1.73. The van der Waals surface area contributed by atoms with E-state index in [0.717, 1.165) is 52.9 Å². The lowest BCUT2D eigenvalue weighted by Crippen LogP contribution is -2.11. The normalized spacial score (nSPS) is 13.2. The molecule has 0 saturated carbocycles. The molecule has 0 spiro atoms. The molecule has 1 N–H and O–H groups in total. The monoisotopic (exact) mass is 314 g/mol. The first-order valence-corrected chi connectivity index (χ1v) is 7.90. The number of benzene rings is 1. The minimum absolute atomic E-state index is 0.704. The van der Waals surface area contributed by atoms with Gasteiger partial charge < -0.3 is 9.84 Å². The van der Waals surface area contributed by atoms with E-state index in [1.165, 1.54) is 16.7 Å². The topological polar surface area (TPSA) is 64.4 Å². The Kier molecular flexibility index (Phi) is 3.88. The fraction of sp³-hybridized carbons (Fsp3) is 0.444. The van der Waals surface area contributed by atoms with Gasteiger partial charge in [-0.05, 0) is 62.3 Å². The van der Waals surface area contributed by atoms with E-state index in [4.69, 9.17) is 4.74 Å². The molecule has 23 heavy (non-hydrogen) atoms. The van der Waals surface area contributed by atoms with Crippen LogP contribution < -0.4 is 4.74 Å². The van der Waals surface area contributed by atoms with Gasteiger partial charge in [-0.2, -0.15) is 9.78 Å². The molecule has 0 fully saturated rings. The quantitative estimate of drug-likeness (QED) is 0.943. The van der Waals surface area contributed by atoms with Crippen LogP contribution in [0.15, 0.2) is 6.07 Å². The molecule has 0 amide bonds. The van der Waals surface area contributed by atoms with Crippen molar-refractivity contribution in [3.05, 3.63) is 45.3 Å². The second-order valence-electron chi connectivity index (χ2n) is 6.22. The SMILES string of the molecule is COc1c(C)cc(Cc2c(C)nn(C(=O)O)c2C)c2c1CCC2. The fourth-order valence-electron chi connectivity index (χ4n) is 3.75. The van der Waals surface area contributed by atoms with E-state index >= 15 is 0 Å². The predicted molar refractivity (Wildman–Crippen MR) is 87.7 cm³/mol. The third-order valence-electron chi connectivity index (χ3n) is 4.82. The molecule has 1 heterocycles. The lowest BCUT2D eigenvalue weighted by Gasteiger charge is -2.15. The first-order chi connectivity index (χ1) is 10.9. The number of hydrogen-bond donors (Lipinski definition) is 1. The maximum absolute atomic E-state index is 11.2. The van der Waals surface area contributed by atoms with Crippen LogP contribution in [0.4, 0.5) is 4.79 Å². The second-order valence-corrected chi connectivity index (χ2v) is 6.22. The summed E-state index contributed by atoms with van der Waals surface area (Å²) in [5.41, 5.74) is 7.60. The van der Waals surface area contributed by atoms with E-state index in [0.29, 0.717) is 5.69 Å². The predicted octanol–water partition coefficient (Wildman–Crippen LogP) is 3.42. The summed E-state index contributed by atoms with van der Waals surface area (Å²) < 4.78 is 6.65. The maximum Gasteiger partial charge on any atom is 0.432 e. The van der Waals surface area contributed by atoms with Gasteiger partial charge in [0.2, 0.25) is 0 Å². The summed E-state index contributed by atoms with van der Waals surface area (Å²) >= 11 is 0. The highest BCUT2D eigenvalue weighted by Gasteiger charge is 2.23. The van der Waals surface area contributed by atoms with Gasteiger partial charge in [0.1, 0.15) is 5.75 Å². The maximum atomic E-state index is 11.2. The molecule has 0 aliphatic heterocycles. The molecule has 0 atom stereocenters. The zero-order valence-electron chi connectivity index (χ0n) is 14.1. The highest BCUT2D eigenvalue weighted by atomic mass is 16.5. The van der Waals surface area contributed by atoms with E-state index in [1.54, 1.807) is 7.11 Å². The van der Waals surface area contributed by atoms with Crippen LogP contribution in [0, 0.1) is 20.8 Å². The zero-order valence-corrected chi connectivity index (χ0v) is 14.1. The number of nitrogens with zero attached hydrogens (tertiary/aromatic N) is 2. The van der Waals surface area contributed by atoms with Gasteiger partial charge in [-0.1, -0.05) is 6.07 Å². The Morgan fingerprint density at radius 2 is 2.00 bits per heavy atom. The van der Waals surface area contributed by atoms with E-state index in [2.05, 4.69) is 18.1 Å². The van der Waals surface area contributed by atoms with Crippen molar-refractivity contribution in [2.75, 3.05) is 7.11 Å². The average Bonchev–Trinajstić information content (AvgIpc) is 3.07. The number of aryl methyl sites for hydroxylation is 2. The van der Waals surface area contributed by atoms with Gasteiger partial charge in [0.15, 0.2) is 0 Å². The van der Waals surface area contributed by atoms with E-state index in [1.807, 2.05) is 13.8 Å². The van der Waals surface area contributed by atoms with Gasteiger partial charge in [0.05, 0.1) is 18.5 Å². The molecule has 0 radical (unpaired) electrons. The van der Waals surface area contributed by atoms with Crippen LogP contribution in [0.5, 0.6) is 5.75 Å². The zero-order chi connectivity index (χ0) is 16.7. The summed E-state index contributed by atoms with van der Waals surface area (Å²) in [6.07, 6.45) is 2.95. The number of hydrogen-bond acceptors (Lipinski definition) is 3. The van der Waals surface area contributed by atoms with Crippen LogP contribution in [0.3, 0.4) is 0 Å². The van der Waals surface area contributed by atoms with Crippen molar-refractivity contribution in [2.24, 2.45) is 0 Å². The smallest absolute Gasteiger partial charge is 0.432 e. The molecule has 0 saturated heterocycles. The summed E-state index contributed by atoms with van der Waals surface area (Å²) in [6.45, 7) is 5.76. The minimum Gasteiger partial charge on any atom is -0.496 e.